The number of aryl methyl sites for hydroxylation is 2. The summed E-state index contributed by atoms with van der Waals surface area (Å²) in [6, 6.07) is 19.3. The molecule has 1 aliphatic heterocycles. The molecule has 35 heavy (non-hydrogen) atoms. The number of benzene rings is 3. The summed E-state index contributed by atoms with van der Waals surface area (Å²) in [7, 11) is -3.97. The number of anilines is 5. The first kappa shape index (κ1) is 22.7. The normalized spacial score (nSPS) is 12.6. The van der Waals surface area contributed by atoms with Crippen molar-refractivity contribution < 1.29 is 8.42 Å². The van der Waals surface area contributed by atoms with Gasteiger partial charge < -0.3 is 10.6 Å². The first-order valence-electron chi connectivity index (χ1n) is 10.7. The molecule has 0 amide bonds. The second-order valence-electron chi connectivity index (χ2n) is 7.90. The van der Waals surface area contributed by atoms with Gasteiger partial charge in [-0.2, -0.15) is 4.98 Å². The van der Waals surface area contributed by atoms with Crippen LogP contribution in [0.25, 0.3) is 4.85 Å². The van der Waals surface area contributed by atoms with E-state index in [2.05, 4.69) is 30.2 Å². The van der Waals surface area contributed by atoms with Crippen molar-refractivity contribution in [1.29, 1.82) is 0 Å². The van der Waals surface area contributed by atoms with Gasteiger partial charge in [-0.05, 0) is 54.3 Å². The maximum atomic E-state index is 13.2. The highest BCUT2D eigenvalue weighted by Crippen LogP contribution is 2.32. The van der Waals surface area contributed by atoms with Crippen LogP contribution in [0, 0.1) is 6.57 Å². The van der Waals surface area contributed by atoms with Crippen LogP contribution in [0.3, 0.4) is 0 Å². The van der Waals surface area contributed by atoms with E-state index in [0.717, 1.165) is 16.8 Å². The minimum absolute atomic E-state index is 0.0619. The molecule has 0 spiro atoms. The first-order valence-corrected chi connectivity index (χ1v) is 12.6. The van der Waals surface area contributed by atoms with Crippen molar-refractivity contribution in [1.82, 2.24) is 9.97 Å². The van der Waals surface area contributed by atoms with Gasteiger partial charge in [0.1, 0.15) is 5.02 Å². The molecule has 0 saturated carbocycles. The predicted molar refractivity (Wildman–Crippen MR) is 137 cm³/mol. The molecule has 6 bridgehead atoms. The number of fused-ring (bicyclic) bond motifs is 6. The molecular weight excluding hydrogens is 484 g/mol. The zero-order valence-corrected chi connectivity index (χ0v) is 19.9. The van der Waals surface area contributed by atoms with Crippen LogP contribution in [-0.4, -0.2) is 18.4 Å². The highest BCUT2D eigenvalue weighted by atomic mass is 35.5. The van der Waals surface area contributed by atoms with Gasteiger partial charge in [-0.25, -0.2) is 18.2 Å². The SMILES string of the molecule is [C-]#[N+]c1ccccc1S(=O)(=O)Nc1ccc2cc1CCc1cccc(c1)Nc1ncc(Cl)c(n1)N2. The van der Waals surface area contributed by atoms with E-state index in [1.54, 1.807) is 24.3 Å². The van der Waals surface area contributed by atoms with Crippen molar-refractivity contribution in [3.8, 4) is 0 Å². The monoisotopic (exact) mass is 502 g/mol. The van der Waals surface area contributed by atoms with E-state index in [9.17, 15) is 8.42 Å². The number of aromatic nitrogens is 2. The summed E-state index contributed by atoms with van der Waals surface area (Å²) in [4.78, 5) is 12.0. The third-order valence-corrected chi connectivity index (χ3v) is 7.19. The minimum Gasteiger partial charge on any atom is -0.339 e. The molecule has 0 atom stereocenters. The average Bonchev–Trinajstić information content (AvgIpc) is 2.86. The number of para-hydroxylation sites is 1. The van der Waals surface area contributed by atoms with Crippen LogP contribution >= 0.6 is 11.6 Å². The van der Waals surface area contributed by atoms with Crippen LogP contribution in [0.5, 0.6) is 0 Å². The maximum Gasteiger partial charge on any atom is 0.252 e. The predicted octanol–water partition coefficient (Wildman–Crippen LogP) is 6.07. The van der Waals surface area contributed by atoms with Gasteiger partial charge in [0, 0.05) is 11.4 Å². The molecule has 10 heteroatoms. The Labute approximate surface area is 207 Å². The van der Waals surface area contributed by atoms with Gasteiger partial charge in [0.25, 0.3) is 10.0 Å². The molecule has 0 aliphatic carbocycles. The van der Waals surface area contributed by atoms with Gasteiger partial charge in [0.2, 0.25) is 11.6 Å². The molecule has 0 saturated heterocycles. The van der Waals surface area contributed by atoms with E-state index >= 15 is 0 Å². The van der Waals surface area contributed by atoms with Gasteiger partial charge in [-0.3, -0.25) is 4.72 Å². The molecule has 174 valence electrons. The summed E-state index contributed by atoms with van der Waals surface area (Å²) >= 11 is 6.32. The van der Waals surface area contributed by atoms with Crippen molar-refractivity contribution in [2.45, 2.75) is 17.7 Å². The number of sulfonamides is 1. The Hall–Kier alpha value is -4.13. The number of nitrogens with one attached hydrogen (secondary N) is 3. The van der Waals surface area contributed by atoms with Crippen molar-refractivity contribution in [3.05, 3.63) is 100 Å². The fraction of sp³-hybridized carbons (Fsp3) is 0.0800. The van der Waals surface area contributed by atoms with Gasteiger partial charge in [0.05, 0.1) is 23.4 Å². The molecule has 0 fully saturated rings. The molecule has 3 N–H and O–H groups in total. The van der Waals surface area contributed by atoms with E-state index in [-0.39, 0.29) is 10.6 Å². The van der Waals surface area contributed by atoms with E-state index in [1.165, 1.54) is 18.3 Å². The largest absolute Gasteiger partial charge is 0.339 e. The van der Waals surface area contributed by atoms with Crippen LogP contribution < -0.4 is 15.4 Å². The van der Waals surface area contributed by atoms with Crippen LogP contribution in [0.1, 0.15) is 11.1 Å². The Morgan fingerprint density at radius 1 is 0.971 bits per heavy atom. The van der Waals surface area contributed by atoms with Crippen LogP contribution in [-0.2, 0) is 22.9 Å². The average molecular weight is 503 g/mol. The molecule has 3 aromatic carbocycles. The summed E-state index contributed by atoms with van der Waals surface area (Å²) < 4.78 is 29.0. The zero-order valence-electron chi connectivity index (χ0n) is 18.3. The Morgan fingerprint density at radius 3 is 2.66 bits per heavy atom. The van der Waals surface area contributed by atoms with Crippen LogP contribution in [0.4, 0.5) is 34.5 Å². The molecule has 1 aliphatic rings. The van der Waals surface area contributed by atoms with E-state index in [4.69, 9.17) is 18.2 Å². The molecule has 1 aromatic heterocycles. The van der Waals surface area contributed by atoms with Crippen molar-refractivity contribution in [2.75, 3.05) is 15.4 Å². The van der Waals surface area contributed by atoms with E-state index < -0.39 is 10.0 Å². The highest BCUT2D eigenvalue weighted by molar-refractivity contribution is 7.92. The Kier molecular flexibility index (Phi) is 5.99. The van der Waals surface area contributed by atoms with Crippen molar-refractivity contribution >= 4 is 56.1 Å². The Balaban J connectivity index is 1.57. The molecule has 4 aromatic rings. The number of rotatable bonds is 3. The summed E-state index contributed by atoms with van der Waals surface area (Å²) in [5.41, 5.74) is 3.88. The summed E-state index contributed by atoms with van der Waals surface area (Å²) in [6.45, 7) is 7.32. The number of nitrogens with zero attached hydrogens (tertiary/aromatic N) is 3. The van der Waals surface area contributed by atoms with Gasteiger partial charge in [-0.1, -0.05) is 48.0 Å². The third kappa shape index (κ3) is 4.89. The second kappa shape index (κ2) is 9.25. The molecular formula is C25H19ClN6O2S. The van der Waals surface area contributed by atoms with Gasteiger partial charge in [-0.15, -0.1) is 0 Å². The summed E-state index contributed by atoms with van der Waals surface area (Å²) in [5, 5.41) is 6.74. The third-order valence-electron chi connectivity index (χ3n) is 5.50. The summed E-state index contributed by atoms with van der Waals surface area (Å²) in [5.74, 6) is 0.821. The smallest absolute Gasteiger partial charge is 0.252 e. The first-order chi connectivity index (χ1) is 16.9. The quantitative estimate of drug-likeness (QED) is 0.294. The number of hydrogen-bond donors (Lipinski definition) is 3. The fourth-order valence-corrected chi connectivity index (χ4v) is 5.20. The van der Waals surface area contributed by atoms with Crippen molar-refractivity contribution in [2.24, 2.45) is 0 Å². The molecule has 8 nitrogen and oxygen atoms in total. The lowest BCUT2D eigenvalue weighted by Gasteiger charge is -2.16. The van der Waals surface area contributed by atoms with Crippen molar-refractivity contribution in [3.63, 3.8) is 0 Å². The van der Waals surface area contributed by atoms with Gasteiger partial charge in [0.15, 0.2) is 5.82 Å². The maximum absolute atomic E-state index is 13.2. The number of halogens is 1. The lowest BCUT2D eigenvalue weighted by Crippen LogP contribution is -2.15. The molecule has 5 rings (SSSR count). The molecule has 0 radical (unpaired) electrons. The standard InChI is InChI=1S/C25H19ClN6O2S/c1-27-22-7-2-3-8-23(22)35(33,34)32-21-12-11-19-14-17(21)10-9-16-5-4-6-18(13-16)30-25-28-15-20(26)24(29-19)31-25/h2-8,11-15,32H,9-10H2,(H2,28,29,30,31). The lowest BCUT2D eigenvalue weighted by molar-refractivity contribution is 0.601. The number of hydrogen-bond acceptors (Lipinski definition) is 6. The van der Waals surface area contributed by atoms with Crippen LogP contribution in [0.15, 0.2) is 77.8 Å². The zero-order chi connectivity index (χ0) is 24.4. The topological polar surface area (TPSA) is 100 Å². The van der Waals surface area contributed by atoms with Gasteiger partial charge >= 0.3 is 0 Å². The molecule has 2 heterocycles. The molecule has 0 unspecified atom stereocenters. The second-order valence-corrected chi connectivity index (χ2v) is 9.96. The van der Waals surface area contributed by atoms with E-state index in [0.29, 0.717) is 41.0 Å². The van der Waals surface area contributed by atoms with E-state index in [1.807, 2.05) is 30.3 Å². The Morgan fingerprint density at radius 2 is 1.80 bits per heavy atom. The minimum atomic E-state index is -3.97. The lowest BCUT2D eigenvalue weighted by atomic mass is 10.0. The fourth-order valence-electron chi connectivity index (χ4n) is 3.82. The highest BCUT2D eigenvalue weighted by Gasteiger charge is 2.20. The van der Waals surface area contributed by atoms with Crippen LogP contribution in [0.2, 0.25) is 5.02 Å². The Bertz CT molecular complexity index is 1580. The summed E-state index contributed by atoms with van der Waals surface area (Å²) in [6.07, 6.45) is 2.75.